The van der Waals surface area contributed by atoms with E-state index in [0.29, 0.717) is 0 Å². The van der Waals surface area contributed by atoms with Gasteiger partial charge in [-0.2, -0.15) is 0 Å². The van der Waals surface area contributed by atoms with Crippen LogP contribution in [0.5, 0.6) is 0 Å². The molecule has 0 radical (unpaired) electrons. The van der Waals surface area contributed by atoms with Crippen molar-refractivity contribution >= 4 is 6.16 Å². The smallest absolute Gasteiger partial charge is 0.438 e. The lowest BCUT2D eigenvalue weighted by Crippen LogP contribution is -2.52. The first kappa shape index (κ1) is 9.49. The molecule has 4 saturated carbocycles. The molecule has 4 aliphatic rings. The van der Waals surface area contributed by atoms with Gasteiger partial charge < -0.3 is 9.47 Å². The average molecular weight is 210 g/mol. The van der Waals surface area contributed by atoms with E-state index < -0.39 is 6.16 Å². The van der Waals surface area contributed by atoms with Crippen molar-refractivity contribution in [3.8, 4) is 0 Å². The molecule has 0 aromatic heterocycles. The molecule has 4 rings (SSSR count). The van der Waals surface area contributed by atoms with E-state index in [-0.39, 0.29) is 5.60 Å². The molecular formula is C12H18O3. The van der Waals surface area contributed by atoms with Gasteiger partial charge in [-0.05, 0) is 56.3 Å². The lowest BCUT2D eigenvalue weighted by Gasteiger charge is -2.55. The fraction of sp³-hybridized carbons (Fsp3) is 0.917. The van der Waals surface area contributed by atoms with E-state index in [1.54, 1.807) is 0 Å². The normalized spacial score (nSPS) is 46.6. The highest BCUT2D eigenvalue weighted by molar-refractivity contribution is 5.60. The van der Waals surface area contributed by atoms with Crippen LogP contribution in [0.4, 0.5) is 4.79 Å². The van der Waals surface area contributed by atoms with Gasteiger partial charge in [0.1, 0.15) is 5.60 Å². The van der Waals surface area contributed by atoms with Crippen LogP contribution in [0.25, 0.3) is 0 Å². The molecule has 0 unspecified atom stereocenters. The largest absolute Gasteiger partial charge is 0.508 e. The van der Waals surface area contributed by atoms with Crippen molar-refractivity contribution < 1.29 is 14.3 Å². The Morgan fingerprint density at radius 1 is 1.07 bits per heavy atom. The van der Waals surface area contributed by atoms with Crippen molar-refractivity contribution in [2.75, 3.05) is 7.11 Å². The zero-order chi connectivity index (χ0) is 10.5. The molecule has 0 spiro atoms. The number of hydrogen-bond donors (Lipinski definition) is 0. The highest BCUT2D eigenvalue weighted by atomic mass is 16.7. The molecular weight excluding hydrogens is 192 g/mol. The predicted octanol–water partition coefficient (Wildman–Crippen LogP) is 2.74. The Labute approximate surface area is 90.1 Å². The predicted molar refractivity (Wildman–Crippen MR) is 54.4 cm³/mol. The van der Waals surface area contributed by atoms with Gasteiger partial charge in [-0.25, -0.2) is 4.79 Å². The zero-order valence-electron chi connectivity index (χ0n) is 9.20. The Hall–Kier alpha value is -0.730. The van der Waals surface area contributed by atoms with Gasteiger partial charge in [0.25, 0.3) is 0 Å². The molecule has 84 valence electrons. The van der Waals surface area contributed by atoms with E-state index >= 15 is 0 Å². The van der Waals surface area contributed by atoms with Gasteiger partial charge in [0, 0.05) is 0 Å². The third-order valence-electron chi connectivity index (χ3n) is 4.45. The summed E-state index contributed by atoms with van der Waals surface area (Å²) < 4.78 is 10.2. The van der Waals surface area contributed by atoms with Crippen molar-refractivity contribution in [3.63, 3.8) is 0 Å². The van der Waals surface area contributed by atoms with E-state index in [9.17, 15) is 4.79 Å². The highest BCUT2D eigenvalue weighted by Crippen LogP contribution is 2.57. The first-order valence-electron chi connectivity index (χ1n) is 5.96. The molecule has 3 nitrogen and oxygen atoms in total. The van der Waals surface area contributed by atoms with E-state index in [2.05, 4.69) is 4.74 Å². The summed E-state index contributed by atoms with van der Waals surface area (Å²) in [5.41, 5.74) is -0.151. The summed E-state index contributed by atoms with van der Waals surface area (Å²) in [6.45, 7) is 0. The van der Waals surface area contributed by atoms with Gasteiger partial charge in [-0.1, -0.05) is 0 Å². The highest BCUT2D eigenvalue weighted by Gasteiger charge is 2.53. The lowest BCUT2D eigenvalue weighted by molar-refractivity contribution is -0.139. The van der Waals surface area contributed by atoms with Crippen molar-refractivity contribution in [1.82, 2.24) is 0 Å². The number of rotatable bonds is 1. The van der Waals surface area contributed by atoms with Crippen molar-refractivity contribution in [2.24, 2.45) is 17.8 Å². The number of ether oxygens (including phenoxy) is 2. The zero-order valence-corrected chi connectivity index (χ0v) is 9.20. The SMILES string of the molecule is COC(=O)OC12CC3CC(CC(C3)C1)C2. The van der Waals surface area contributed by atoms with Crippen LogP contribution in [0.15, 0.2) is 0 Å². The standard InChI is InChI=1S/C12H18O3/c1-14-11(13)15-12-5-8-2-9(6-12)4-10(3-8)7-12/h8-10H,2-7H2,1H3. The second-order valence-corrected chi connectivity index (χ2v) is 5.66. The third kappa shape index (κ3) is 1.52. The van der Waals surface area contributed by atoms with Crippen LogP contribution in [0.1, 0.15) is 38.5 Å². The number of hydrogen-bond acceptors (Lipinski definition) is 3. The van der Waals surface area contributed by atoms with E-state index in [1.165, 1.54) is 26.4 Å². The minimum Gasteiger partial charge on any atom is -0.438 e. The second kappa shape index (κ2) is 3.13. The Kier molecular flexibility index (Phi) is 1.98. The maximum Gasteiger partial charge on any atom is 0.508 e. The fourth-order valence-corrected chi connectivity index (χ4v) is 4.37. The Morgan fingerprint density at radius 3 is 1.93 bits per heavy atom. The molecule has 0 N–H and O–H groups in total. The van der Waals surface area contributed by atoms with Gasteiger partial charge in [-0.3, -0.25) is 0 Å². The number of carbonyl (C=O) groups excluding carboxylic acids is 1. The minimum absolute atomic E-state index is 0.151. The average Bonchev–Trinajstić information content (AvgIpc) is 2.14. The first-order valence-corrected chi connectivity index (χ1v) is 5.96. The molecule has 4 aliphatic carbocycles. The summed E-state index contributed by atoms with van der Waals surface area (Å²) >= 11 is 0. The van der Waals surface area contributed by atoms with Crippen molar-refractivity contribution in [2.45, 2.75) is 44.1 Å². The van der Waals surface area contributed by atoms with Gasteiger partial charge in [0.15, 0.2) is 0 Å². The molecule has 0 atom stereocenters. The molecule has 0 amide bonds. The summed E-state index contributed by atoms with van der Waals surface area (Å²) in [5, 5.41) is 0. The number of methoxy groups -OCH3 is 1. The Balaban J connectivity index is 1.78. The third-order valence-corrected chi connectivity index (χ3v) is 4.45. The van der Waals surface area contributed by atoms with E-state index in [0.717, 1.165) is 37.0 Å². The summed E-state index contributed by atoms with van der Waals surface area (Å²) in [6, 6.07) is 0. The quantitative estimate of drug-likeness (QED) is 0.624. The molecule has 15 heavy (non-hydrogen) atoms. The van der Waals surface area contributed by atoms with Gasteiger partial charge in [0.05, 0.1) is 7.11 Å². The van der Waals surface area contributed by atoms with Crippen molar-refractivity contribution in [1.29, 1.82) is 0 Å². The van der Waals surface area contributed by atoms with Crippen LogP contribution in [0.3, 0.4) is 0 Å². The van der Waals surface area contributed by atoms with Crippen LogP contribution in [-0.2, 0) is 9.47 Å². The van der Waals surface area contributed by atoms with Gasteiger partial charge >= 0.3 is 6.16 Å². The molecule has 4 bridgehead atoms. The Bertz CT molecular complexity index is 249. The molecule has 0 aliphatic heterocycles. The maximum absolute atomic E-state index is 11.3. The van der Waals surface area contributed by atoms with Crippen molar-refractivity contribution in [3.05, 3.63) is 0 Å². The maximum atomic E-state index is 11.3. The van der Waals surface area contributed by atoms with Gasteiger partial charge in [-0.15, -0.1) is 0 Å². The monoisotopic (exact) mass is 210 g/mol. The minimum atomic E-state index is -0.489. The molecule has 4 fully saturated rings. The molecule has 0 heterocycles. The van der Waals surface area contributed by atoms with E-state index in [4.69, 9.17) is 4.74 Å². The van der Waals surface area contributed by atoms with Crippen LogP contribution in [-0.4, -0.2) is 18.9 Å². The number of carbonyl (C=O) groups is 1. The fourth-order valence-electron chi connectivity index (χ4n) is 4.37. The van der Waals surface area contributed by atoms with Gasteiger partial charge in [0.2, 0.25) is 0 Å². The summed E-state index contributed by atoms with van der Waals surface area (Å²) in [4.78, 5) is 11.3. The summed E-state index contributed by atoms with van der Waals surface area (Å²) in [7, 11) is 1.39. The summed E-state index contributed by atoms with van der Waals surface area (Å²) in [5.74, 6) is 2.42. The molecule has 0 saturated heterocycles. The van der Waals surface area contributed by atoms with Crippen LogP contribution < -0.4 is 0 Å². The second-order valence-electron chi connectivity index (χ2n) is 5.66. The van der Waals surface area contributed by atoms with Crippen LogP contribution in [0.2, 0.25) is 0 Å². The Morgan fingerprint density at radius 2 is 1.53 bits per heavy atom. The molecule has 3 heteroatoms. The topological polar surface area (TPSA) is 35.5 Å². The van der Waals surface area contributed by atoms with Crippen LogP contribution in [0, 0.1) is 17.8 Å². The lowest BCUT2D eigenvalue weighted by atomic mass is 9.54. The van der Waals surface area contributed by atoms with Crippen LogP contribution >= 0.6 is 0 Å². The van der Waals surface area contributed by atoms with E-state index in [1.807, 2.05) is 0 Å². The summed E-state index contributed by atoms with van der Waals surface area (Å²) in [6.07, 6.45) is 6.84. The molecule has 0 aromatic rings. The molecule has 0 aromatic carbocycles. The first-order chi connectivity index (χ1) is 7.19.